The average molecular weight is 533 g/mol. The number of anilines is 2. The van der Waals surface area contributed by atoms with Gasteiger partial charge in [0, 0.05) is 69.7 Å². The lowest BCUT2D eigenvalue weighted by molar-refractivity contribution is -0.133. The number of nitrogens with zero attached hydrogens (tertiary/aromatic N) is 4. The number of hydrogen-bond donors (Lipinski definition) is 1. The van der Waals surface area contributed by atoms with Crippen LogP contribution in [-0.4, -0.2) is 71.9 Å². The summed E-state index contributed by atoms with van der Waals surface area (Å²) in [5.74, 6) is 0.0852. The highest BCUT2D eigenvalue weighted by atomic mass is 35.5. The Hall–Kier alpha value is -2.35. The second-order valence-electron chi connectivity index (χ2n) is 9.72. The number of piperidine rings is 2. The second kappa shape index (κ2) is 12.7. The smallest absolute Gasteiger partial charge is 0.230 e. The van der Waals surface area contributed by atoms with E-state index in [-0.39, 0.29) is 17.7 Å². The Morgan fingerprint density at radius 2 is 1.81 bits per heavy atom. The normalized spacial score (nSPS) is 17.7. The number of hydrogen-bond acceptors (Lipinski definition) is 5. The lowest BCUT2D eigenvalue weighted by atomic mass is 9.94. The van der Waals surface area contributed by atoms with Crippen LogP contribution >= 0.6 is 23.2 Å². The topological polar surface area (TPSA) is 68.8 Å². The van der Waals surface area contributed by atoms with Gasteiger partial charge in [0.1, 0.15) is 0 Å². The van der Waals surface area contributed by atoms with Crippen LogP contribution in [0, 0.1) is 5.92 Å². The summed E-state index contributed by atoms with van der Waals surface area (Å²) in [7, 11) is 0. The largest absolute Gasteiger partial charge is 0.381 e. The van der Waals surface area contributed by atoms with Crippen LogP contribution in [0.2, 0.25) is 10.0 Å². The van der Waals surface area contributed by atoms with Crippen LogP contribution in [0.4, 0.5) is 11.4 Å². The van der Waals surface area contributed by atoms with E-state index in [1.54, 1.807) is 25.3 Å². The van der Waals surface area contributed by atoms with Crippen molar-refractivity contribution >= 4 is 46.4 Å². The van der Waals surface area contributed by atoms with Crippen molar-refractivity contribution in [3.8, 4) is 0 Å². The van der Waals surface area contributed by atoms with E-state index >= 15 is 0 Å². The van der Waals surface area contributed by atoms with Gasteiger partial charge >= 0.3 is 0 Å². The molecule has 2 aromatic rings. The van der Waals surface area contributed by atoms with Crippen LogP contribution in [-0.2, 0) is 9.59 Å². The number of carbonyl (C=O) groups excluding carboxylic acids is 2. The van der Waals surface area contributed by atoms with E-state index < -0.39 is 0 Å². The molecule has 194 valence electrons. The highest BCUT2D eigenvalue weighted by Crippen LogP contribution is 2.30. The number of amides is 2. The number of rotatable bonds is 8. The second-order valence-corrected chi connectivity index (χ2v) is 10.5. The molecule has 0 saturated carbocycles. The molecule has 9 heteroatoms. The third-order valence-corrected chi connectivity index (χ3v) is 7.99. The molecule has 3 heterocycles. The van der Waals surface area contributed by atoms with Crippen molar-refractivity contribution in [3.05, 3.63) is 52.8 Å². The SMILES string of the molecule is CC(=O)N1CCC(C(=O)N(CCCN2CCC(Nc3cccnc3)CC2)c2ccc(Cl)c(Cl)c2)CC1. The van der Waals surface area contributed by atoms with Crippen LogP contribution in [0.15, 0.2) is 42.7 Å². The monoisotopic (exact) mass is 531 g/mol. The number of halogens is 2. The van der Waals surface area contributed by atoms with Gasteiger partial charge in [-0.15, -0.1) is 0 Å². The lowest BCUT2D eigenvalue weighted by Gasteiger charge is -2.35. The zero-order valence-electron chi connectivity index (χ0n) is 20.8. The molecule has 0 atom stereocenters. The van der Waals surface area contributed by atoms with Gasteiger partial charge in [0.25, 0.3) is 0 Å². The summed E-state index contributed by atoms with van der Waals surface area (Å²) in [6.07, 6.45) is 8.07. The summed E-state index contributed by atoms with van der Waals surface area (Å²) in [6.45, 7) is 6.46. The molecule has 1 aromatic carbocycles. The zero-order valence-corrected chi connectivity index (χ0v) is 22.3. The number of nitrogens with one attached hydrogen (secondary N) is 1. The zero-order chi connectivity index (χ0) is 25.5. The number of carbonyl (C=O) groups is 2. The Bertz CT molecular complexity index is 1020. The van der Waals surface area contributed by atoms with Crippen molar-refractivity contribution in [1.29, 1.82) is 0 Å². The van der Waals surface area contributed by atoms with Crippen LogP contribution in [0.25, 0.3) is 0 Å². The van der Waals surface area contributed by atoms with Gasteiger partial charge in [-0.1, -0.05) is 23.2 Å². The first-order valence-corrected chi connectivity index (χ1v) is 13.6. The van der Waals surface area contributed by atoms with Crippen molar-refractivity contribution in [2.24, 2.45) is 5.92 Å². The Morgan fingerprint density at radius 1 is 1.06 bits per heavy atom. The lowest BCUT2D eigenvalue weighted by Crippen LogP contribution is -2.45. The Morgan fingerprint density at radius 3 is 2.44 bits per heavy atom. The molecule has 2 aliphatic heterocycles. The number of benzene rings is 1. The molecular weight excluding hydrogens is 497 g/mol. The third kappa shape index (κ3) is 7.11. The molecular formula is C27H35Cl2N5O2. The van der Waals surface area contributed by atoms with Gasteiger partial charge in [-0.05, 0) is 69.0 Å². The first-order valence-electron chi connectivity index (χ1n) is 12.8. The van der Waals surface area contributed by atoms with Crippen LogP contribution in [0.5, 0.6) is 0 Å². The maximum Gasteiger partial charge on any atom is 0.230 e. The summed E-state index contributed by atoms with van der Waals surface area (Å²) >= 11 is 12.4. The fourth-order valence-electron chi connectivity index (χ4n) is 5.12. The van der Waals surface area contributed by atoms with Crippen LogP contribution < -0.4 is 10.2 Å². The average Bonchev–Trinajstić information content (AvgIpc) is 2.89. The fraction of sp³-hybridized carbons (Fsp3) is 0.519. The van der Waals surface area contributed by atoms with E-state index in [1.807, 2.05) is 28.1 Å². The Balaban J connectivity index is 1.31. The molecule has 2 saturated heterocycles. The van der Waals surface area contributed by atoms with Crippen molar-refractivity contribution in [1.82, 2.24) is 14.8 Å². The number of likely N-dealkylation sites (tertiary alicyclic amines) is 2. The Kier molecular flexibility index (Phi) is 9.46. The molecule has 1 aromatic heterocycles. The molecule has 36 heavy (non-hydrogen) atoms. The predicted molar refractivity (Wildman–Crippen MR) is 146 cm³/mol. The first-order chi connectivity index (χ1) is 17.4. The minimum Gasteiger partial charge on any atom is -0.381 e. The number of pyridine rings is 1. The van der Waals surface area contributed by atoms with Crippen LogP contribution in [0.3, 0.4) is 0 Å². The molecule has 4 rings (SSSR count). The van der Waals surface area contributed by atoms with E-state index in [9.17, 15) is 9.59 Å². The van der Waals surface area contributed by atoms with Gasteiger partial charge in [0.15, 0.2) is 0 Å². The van der Waals surface area contributed by atoms with E-state index in [1.165, 1.54) is 0 Å². The highest BCUT2D eigenvalue weighted by molar-refractivity contribution is 6.42. The summed E-state index contributed by atoms with van der Waals surface area (Å²) in [4.78, 5) is 35.6. The van der Waals surface area contributed by atoms with Crippen molar-refractivity contribution < 1.29 is 9.59 Å². The standard InChI is InChI=1S/C27H35Cl2N5O2/c1-20(35)33-16-7-21(8-17-33)27(36)34(24-5-6-25(28)26(29)18-24)13-3-12-32-14-9-22(10-15-32)31-23-4-2-11-30-19-23/h2,4-6,11,18-19,21-22,31H,3,7-10,12-17H2,1H3. The molecule has 1 N–H and O–H groups in total. The molecule has 7 nitrogen and oxygen atoms in total. The molecule has 0 unspecified atom stereocenters. The molecule has 0 aliphatic carbocycles. The summed E-state index contributed by atoms with van der Waals surface area (Å²) in [5, 5.41) is 4.50. The maximum atomic E-state index is 13.6. The van der Waals surface area contributed by atoms with Gasteiger partial charge in [-0.2, -0.15) is 0 Å². The third-order valence-electron chi connectivity index (χ3n) is 7.25. The molecule has 0 bridgehead atoms. The predicted octanol–water partition coefficient (Wildman–Crippen LogP) is 4.95. The van der Waals surface area contributed by atoms with Gasteiger partial charge in [0.2, 0.25) is 11.8 Å². The van der Waals surface area contributed by atoms with E-state index in [0.29, 0.717) is 48.6 Å². The van der Waals surface area contributed by atoms with Gasteiger partial charge in [-0.3, -0.25) is 14.6 Å². The summed E-state index contributed by atoms with van der Waals surface area (Å²) in [5.41, 5.74) is 1.85. The highest BCUT2D eigenvalue weighted by Gasteiger charge is 2.30. The van der Waals surface area contributed by atoms with E-state index in [4.69, 9.17) is 23.2 Å². The molecule has 2 fully saturated rings. The van der Waals surface area contributed by atoms with E-state index in [0.717, 1.165) is 50.3 Å². The Labute approximate surface area is 223 Å². The number of aromatic nitrogens is 1. The molecule has 0 radical (unpaired) electrons. The summed E-state index contributed by atoms with van der Waals surface area (Å²) < 4.78 is 0. The van der Waals surface area contributed by atoms with Crippen molar-refractivity contribution in [3.63, 3.8) is 0 Å². The van der Waals surface area contributed by atoms with Gasteiger partial charge < -0.3 is 20.0 Å². The fourth-order valence-corrected chi connectivity index (χ4v) is 5.41. The quantitative estimate of drug-likeness (QED) is 0.522. The van der Waals surface area contributed by atoms with Crippen molar-refractivity contribution in [2.75, 3.05) is 49.5 Å². The summed E-state index contributed by atoms with van der Waals surface area (Å²) in [6, 6.07) is 9.86. The maximum absolute atomic E-state index is 13.6. The van der Waals surface area contributed by atoms with Gasteiger partial charge in [-0.25, -0.2) is 0 Å². The molecule has 0 spiro atoms. The van der Waals surface area contributed by atoms with Crippen LogP contribution in [0.1, 0.15) is 39.0 Å². The van der Waals surface area contributed by atoms with Gasteiger partial charge in [0.05, 0.1) is 15.7 Å². The minimum atomic E-state index is -0.0932. The molecule has 2 amide bonds. The van der Waals surface area contributed by atoms with E-state index in [2.05, 4.69) is 21.3 Å². The van der Waals surface area contributed by atoms with Crippen molar-refractivity contribution in [2.45, 2.75) is 45.1 Å². The minimum absolute atomic E-state index is 0.0710. The first kappa shape index (κ1) is 26.7. The molecule has 2 aliphatic rings.